The van der Waals surface area contributed by atoms with Gasteiger partial charge in [0, 0.05) is 13.0 Å². The summed E-state index contributed by atoms with van der Waals surface area (Å²) in [4.78, 5) is 24.4. The van der Waals surface area contributed by atoms with Crippen molar-refractivity contribution in [3.8, 4) is 0 Å². The van der Waals surface area contributed by atoms with E-state index in [2.05, 4.69) is 17.2 Å². The lowest BCUT2D eigenvalue weighted by Gasteiger charge is -2.03. The van der Waals surface area contributed by atoms with Gasteiger partial charge in [0.2, 0.25) is 12.0 Å². The van der Waals surface area contributed by atoms with Crippen LogP contribution in [0.15, 0.2) is 4.99 Å². The highest BCUT2D eigenvalue weighted by Gasteiger charge is 1.99. The maximum absolute atomic E-state index is 11.2. The molecule has 0 saturated heterocycles. The lowest BCUT2D eigenvalue weighted by molar-refractivity contribution is -0.121. The third-order valence-electron chi connectivity index (χ3n) is 2.09. The van der Waals surface area contributed by atoms with Gasteiger partial charge in [-0.25, -0.2) is 9.79 Å². The molecule has 0 unspecified atom stereocenters. The summed E-state index contributed by atoms with van der Waals surface area (Å²) in [6.45, 7) is 3.41. The van der Waals surface area contributed by atoms with E-state index in [0.717, 1.165) is 38.6 Å². The number of nitrogens with zero attached hydrogens (tertiary/aromatic N) is 1. The fourth-order valence-corrected chi connectivity index (χ4v) is 1.19. The van der Waals surface area contributed by atoms with Crippen molar-refractivity contribution in [3.05, 3.63) is 0 Å². The first-order valence-corrected chi connectivity index (χ1v) is 5.61. The predicted octanol–water partition coefficient (Wildman–Crippen LogP) is 1.80. The molecule has 4 heteroatoms. The summed E-state index contributed by atoms with van der Waals surface area (Å²) in [5.74, 6) is 0.127. The van der Waals surface area contributed by atoms with Crippen LogP contribution in [0.4, 0.5) is 0 Å². The lowest BCUT2D eigenvalue weighted by Crippen LogP contribution is -2.23. The van der Waals surface area contributed by atoms with Gasteiger partial charge in [0.1, 0.15) is 0 Å². The third kappa shape index (κ3) is 10.8. The molecule has 86 valence electrons. The van der Waals surface area contributed by atoms with E-state index in [1.165, 1.54) is 6.08 Å². The summed E-state index contributed by atoms with van der Waals surface area (Å²) in [7, 11) is 0. The Bertz CT molecular complexity index is 211. The van der Waals surface area contributed by atoms with Crippen molar-refractivity contribution in [2.24, 2.45) is 4.99 Å². The van der Waals surface area contributed by atoms with Gasteiger partial charge in [-0.15, -0.1) is 0 Å². The molecule has 1 N–H and O–H groups in total. The molecule has 1 amide bonds. The van der Waals surface area contributed by atoms with Crippen LogP contribution in [0.2, 0.25) is 0 Å². The van der Waals surface area contributed by atoms with Gasteiger partial charge in [-0.3, -0.25) is 4.79 Å². The van der Waals surface area contributed by atoms with Crippen LogP contribution in [0, 0.1) is 0 Å². The van der Waals surface area contributed by atoms with Crippen LogP contribution in [-0.4, -0.2) is 25.1 Å². The average molecular weight is 212 g/mol. The van der Waals surface area contributed by atoms with E-state index >= 15 is 0 Å². The van der Waals surface area contributed by atoms with Gasteiger partial charge >= 0.3 is 0 Å². The summed E-state index contributed by atoms with van der Waals surface area (Å²) >= 11 is 0. The van der Waals surface area contributed by atoms with Crippen molar-refractivity contribution in [1.82, 2.24) is 5.32 Å². The summed E-state index contributed by atoms with van der Waals surface area (Å²) in [6, 6.07) is 0. The van der Waals surface area contributed by atoms with Crippen LogP contribution in [0.1, 0.15) is 45.4 Å². The van der Waals surface area contributed by atoms with Crippen LogP contribution >= 0.6 is 0 Å². The van der Waals surface area contributed by atoms with Crippen molar-refractivity contribution < 1.29 is 9.59 Å². The van der Waals surface area contributed by atoms with Crippen LogP contribution in [0.25, 0.3) is 0 Å². The number of unbranched alkanes of at least 4 members (excludes halogenated alkanes) is 3. The van der Waals surface area contributed by atoms with E-state index in [1.54, 1.807) is 0 Å². The van der Waals surface area contributed by atoms with E-state index in [-0.39, 0.29) is 5.91 Å². The summed E-state index contributed by atoms with van der Waals surface area (Å²) in [6.07, 6.45) is 6.88. The van der Waals surface area contributed by atoms with Crippen molar-refractivity contribution >= 4 is 12.0 Å². The number of isocyanates is 1. The first-order valence-electron chi connectivity index (χ1n) is 5.61. The zero-order valence-electron chi connectivity index (χ0n) is 9.42. The molecule has 0 fully saturated rings. The lowest BCUT2D eigenvalue weighted by atomic mass is 10.2. The molecule has 0 radical (unpaired) electrons. The maximum atomic E-state index is 11.2. The molecule has 0 spiro atoms. The highest BCUT2D eigenvalue weighted by molar-refractivity contribution is 5.75. The zero-order valence-corrected chi connectivity index (χ0v) is 9.42. The Morgan fingerprint density at radius 2 is 2.07 bits per heavy atom. The third-order valence-corrected chi connectivity index (χ3v) is 2.09. The van der Waals surface area contributed by atoms with Gasteiger partial charge in [0.15, 0.2) is 0 Å². The van der Waals surface area contributed by atoms with Gasteiger partial charge in [-0.1, -0.05) is 19.8 Å². The van der Waals surface area contributed by atoms with Crippen LogP contribution in [0.5, 0.6) is 0 Å². The number of rotatable bonds is 9. The van der Waals surface area contributed by atoms with E-state index in [9.17, 15) is 9.59 Å². The minimum absolute atomic E-state index is 0.127. The number of carbonyl (C=O) groups excluding carboxylic acids is 2. The van der Waals surface area contributed by atoms with Crippen LogP contribution in [-0.2, 0) is 9.59 Å². The molecule has 0 aliphatic carbocycles. The molecule has 0 rings (SSSR count). The van der Waals surface area contributed by atoms with Crippen molar-refractivity contribution in [3.63, 3.8) is 0 Å². The predicted molar refractivity (Wildman–Crippen MR) is 59.4 cm³/mol. The zero-order chi connectivity index (χ0) is 11.4. The minimum Gasteiger partial charge on any atom is -0.356 e. The Morgan fingerprint density at radius 3 is 2.73 bits per heavy atom. The molecule has 0 aromatic rings. The van der Waals surface area contributed by atoms with E-state index in [1.807, 2.05) is 0 Å². The molecule has 0 aromatic carbocycles. The van der Waals surface area contributed by atoms with Gasteiger partial charge in [-0.05, 0) is 19.3 Å². The van der Waals surface area contributed by atoms with Crippen molar-refractivity contribution in [2.75, 3.05) is 13.1 Å². The Labute approximate surface area is 91.2 Å². The first kappa shape index (κ1) is 13.8. The van der Waals surface area contributed by atoms with Gasteiger partial charge in [-0.2, -0.15) is 0 Å². The SMILES string of the molecule is CCCCNC(=O)CCCCCN=C=O. The Morgan fingerprint density at radius 1 is 1.27 bits per heavy atom. The minimum atomic E-state index is 0.127. The fourth-order valence-electron chi connectivity index (χ4n) is 1.19. The summed E-state index contributed by atoms with van der Waals surface area (Å²) in [5, 5.41) is 2.86. The van der Waals surface area contributed by atoms with Crippen molar-refractivity contribution in [2.45, 2.75) is 45.4 Å². The monoisotopic (exact) mass is 212 g/mol. The highest BCUT2D eigenvalue weighted by Crippen LogP contribution is 1.99. The molecule has 0 heterocycles. The number of hydrogen-bond acceptors (Lipinski definition) is 3. The molecular formula is C11H20N2O2. The van der Waals surface area contributed by atoms with E-state index < -0.39 is 0 Å². The smallest absolute Gasteiger partial charge is 0.234 e. The molecule has 4 nitrogen and oxygen atoms in total. The molecule has 0 saturated carbocycles. The average Bonchev–Trinajstić information content (AvgIpc) is 2.23. The largest absolute Gasteiger partial charge is 0.356 e. The molecule has 0 aliphatic rings. The summed E-state index contributed by atoms with van der Waals surface area (Å²) in [5.41, 5.74) is 0. The second-order valence-corrected chi connectivity index (χ2v) is 3.49. The normalized spacial score (nSPS) is 9.40. The molecule has 15 heavy (non-hydrogen) atoms. The molecule has 0 aromatic heterocycles. The first-order chi connectivity index (χ1) is 7.31. The van der Waals surface area contributed by atoms with Crippen molar-refractivity contribution in [1.29, 1.82) is 0 Å². The fraction of sp³-hybridized carbons (Fsp3) is 0.818. The number of hydrogen-bond donors (Lipinski definition) is 1. The topological polar surface area (TPSA) is 58.5 Å². The number of nitrogens with one attached hydrogen (secondary N) is 1. The molecule has 0 bridgehead atoms. The quantitative estimate of drug-likeness (QED) is 0.360. The maximum Gasteiger partial charge on any atom is 0.234 e. The Balaban J connectivity index is 3.20. The number of aliphatic imine (C=N–C) groups is 1. The van der Waals surface area contributed by atoms with Crippen LogP contribution < -0.4 is 5.32 Å². The Kier molecular flexibility index (Phi) is 10.1. The van der Waals surface area contributed by atoms with E-state index in [0.29, 0.717) is 13.0 Å². The second-order valence-electron chi connectivity index (χ2n) is 3.49. The molecule has 0 aliphatic heterocycles. The van der Waals surface area contributed by atoms with Gasteiger partial charge < -0.3 is 5.32 Å². The summed E-state index contributed by atoms with van der Waals surface area (Å²) < 4.78 is 0. The van der Waals surface area contributed by atoms with Gasteiger partial charge in [0.05, 0.1) is 6.54 Å². The van der Waals surface area contributed by atoms with Crippen LogP contribution in [0.3, 0.4) is 0 Å². The Hall–Kier alpha value is -1.15. The highest BCUT2D eigenvalue weighted by atomic mass is 16.1. The molecular weight excluding hydrogens is 192 g/mol. The second kappa shape index (κ2) is 10.9. The number of carbonyl (C=O) groups is 1. The standard InChI is InChI=1S/C11H20N2O2/c1-2-3-9-13-11(15)7-5-4-6-8-12-10-14/h2-9H2,1H3,(H,13,15). The van der Waals surface area contributed by atoms with Gasteiger partial charge in [0.25, 0.3) is 0 Å². The number of amides is 1. The molecule has 0 atom stereocenters. The van der Waals surface area contributed by atoms with E-state index in [4.69, 9.17) is 0 Å².